The summed E-state index contributed by atoms with van der Waals surface area (Å²) in [5.41, 5.74) is 4.93. The van der Waals surface area contributed by atoms with Crippen molar-refractivity contribution >= 4 is 27.5 Å². The molecule has 0 radical (unpaired) electrons. The number of aromatic nitrogens is 3. The lowest BCUT2D eigenvalue weighted by atomic mass is 10.1. The first kappa shape index (κ1) is 16.1. The van der Waals surface area contributed by atoms with Gasteiger partial charge in [-0.2, -0.15) is 0 Å². The van der Waals surface area contributed by atoms with Crippen molar-refractivity contribution in [3.05, 3.63) is 82.6 Å². The molecule has 2 aromatic heterocycles. The topological polar surface area (TPSA) is 41.6 Å². The fourth-order valence-electron chi connectivity index (χ4n) is 2.69. The minimum absolute atomic E-state index is 0.705. The highest BCUT2D eigenvalue weighted by Crippen LogP contribution is 2.34. The maximum Gasteiger partial charge on any atom is 0.138 e. The van der Waals surface area contributed by atoms with E-state index in [9.17, 15) is 0 Å². The van der Waals surface area contributed by atoms with Crippen LogP contribution >= 0.6 is 27.5 Å². The van der Waals surface area contributed by atoms with Gasteiger partial charge in [-0.05, 0) is 48.5 Å². The van der Waals surface area contributed by atoms with E-state index in [1.807, 2.05) is 48.5 Å². The van der Waals surface area contributed by atoms with Crippen molar-refractivity contribution in [3.8, 4) is 33.9 Å². The van der Waals surface area contributed by atoms with Gasteiger partial charge >= 0.3 is 0 Å². The van der Waals surface area contributed by atoms with Crippen LogP contribution in [0.3, 0.4) is 0 Å². The summed E-state index contributed by atoms with van der Waals surface area (Å²) in [4.78, 5) is 12.4. The van der Waals surface area contributed by atoms with Gasteiger partial charge in [0.15, 0.2) is 0 Å². The average Bonchev–Trinajstić information content (AvgIpc) is 3.08. The van der Waals surface area contributed by atoms with Crippen LogP contribution in [-0.2, 0) is 0 Å². The number of benzene rings is 2. The number of halogens is 2. The van der Waals surface area contributed by atoms with E-state index < -0.39 is 0 Å². The third kappa shape index (κ3) is 3.36. The zero-order chi connectivity index (χ0) is 17.2. The number of nitrogens with zero attached hydrogens (tertiary/aromatic N) is 2. The van der Waals surface area contributed by atoms with Crippen LogP contribution in [-0.4, -0.2) is 15.0 Å². The van der Waals surface area contributed by atoms with Gasteiger partial charge in [0, 0.05) is 38.6 Å². The van der Waals surface area contributed by atoms with Crippen LogP contribution < -0.4 is 0 Å². The molecule has 0 aliphatic heterocycles. The van der Waals surface area contributed by atoms with Gasteiger partial charge in [-0.15, -0.1) is 0 Å². The molecule has 5 heteroatoms. The molecular weight excluding hydrogens is 398 g/mol. The molecule has 0 fully saturated rings. The Bertz CT molecular complexity index is 1010. The lowest BCUT2D eigenvalue weighted by molar-refractivity contribution is 1.30. The first-order valence-electron chi connectivity index (χ1n) is 7.73. The fourth-order valence-corrected chi connectivity index (χ4v) is 3.22. The van der Waals surface area contributed by atoms with Crippen LogP contribution in [0.5, 0.6) is 0 Å². The van der Waals surface area contributed by atoms with E-state index in [4.69, 9.17) is 16.6 Å². The molecule has 122 valence electrons. The Morgan fingerprint density at radius 3 is 2.32 bits per heavy atom. The second kappa shape index (κ2) is 6.82. The molecule has 0 aliphatic carbocycles. The van der Waals surface area contributed by atoms with Gasteiger partial charge in [0.25, 0.3) is 0 Å². The van der Waals surface area contributed by atoms with Crippen LogP contribution in [0.1, 0.15) is 0 Å². The highest BCUT2D eigenvalue weighted by atomic mass is 79.9. The molecule has 0 amide bonds. The fraction of sp³-hybridized carbons (Fsp3) is 0. The van der Waals surface area contributed by atoms with E-state index in [0.717, 1.165) is 38.4 Å². The van der Waals surface area contributed by atoms with Crippen molar-refractivity contribution in [2.24, 2.45) is 0 Å². The van der Waals surface area contributed by atoms with Crippen LogP contribution in [0.2, 0.25) is 5.02 Å². The van der Waals surface area contributed by atoms with E-state index in [-0.39, 0.29) is 0 Å². The van der Waals surface area contributed by atoms with Gasteiger partial charge < -0.3 is 4.98 Å². The number of aromatic amines is 1. The molecule has 4 rings (SSSR count). The number of rotatable bonds is 3. The molecule has 4 aromatic rings. The maximum absolute atomic E-state index is 6.00. The third-order valence-electron chi connectivity index (χ3n) is 3.89. The van der Waals surface area contributed by atoms with Gasteiger partial charge in [0.05, 0.1) is 11.4 Å². The molecule has 0 bridgehead atoms. The van der Waals surface area contributed by atoms with Crippen molar-refractivity contribution in [1.29, 1.82) is 0 Å². The summed E-state index contributed by atoms with van der Waals surface area (Å²) in [6.07, 6.45) is 3.56. The monoisotopic (exact) mass is 409 g/mol. The number of imidazole rings is 1. The molecule has 0 aliphatic rings. The first-order chi connectivity index (χ1) is 12.2. The van der Waals surface area contributed by atoms with Gasteiger partial charge in [-0.1, -0.05) is 39.7 Å². The third-order valence-corrected chi connectivity index (χ3v) is 4.63. The summed E-state index contributed by atoms with van der Waals surface area (Å²) in [5.74, 6) is 0.804. The molecule has 0 spiro atoms. The molecule has 2 heterocycles. The highest BCUT2D eigenvalue weighted by molar-refractivity contribution is 9.10. The quantitative estimate of drug-likeness (QED) is 0.435. The van der Waals surface area contributed by atoms with Crippen molar-refractivity contribution < 1.29 is 0 Å². The average molecular weight is 411 g/mol. The lowest BCUT2D eigenvalue weighted by Crippen LogP contribution is -1.84. The van der Waals surface area contributed by atoms with Crippen molar-refractivity contribution in [3.63, 3.8) is 0 Å². The smallest absolute Gasteiger partial charge is 0.138 e. The summed E-state index contributed by atoms with van der Waals surface area (Å²) in [6.45, 7) is 0. The molecule has 0 saturated carbocycles. The number of pyridine rings is 1. The summed E-state index contributed by atoms with van der Waals surface area (Å²) in [7, 11) is 0. The van der Waals surface area contributed by atoms with E-state index in [2.05, 4.69) is 38.0 Å². The lowest BCUT2D eigenvalue weighted by Gasteiger charge is -2.03. The summed E-state index contributed by atoms with van der Waals surface area (Å²) < 4.78 is 1.02. The van der Waals surface area contributed by atoms with Gasteiger partial charge in [-0.25, -0.2) is 4.98 Å². The Labute approximate surface area is 158 Å². The molecule has 3 nitrogen and oxygen atoms in total. The number of nitrogens with one attached hydrogen (secondary N) is 1. The molecule has 2 aromatic carbocycles. The van der Waals surface area contributed by atoms with Crippen molar-refractivity contribution in [2.45, 2.75) is 0 Å². The Kier molecular flexibility index (Phi) is 4.38. The largest absolute Gasteiger partial charge is 0.337 e. The van der Waals surface area contributed by atoms with E-state index in [1.165, 1.54) is 0 Å². The summed E-state index contributed by atoms with van der Waals surface area (Å²) >= 11 is 9.54. The molecule has 25 heavy (non-hydrogen) atoms. The Morgan fingerprint density at radius 1 is 0.840 bits per heavy atom. The summed E-state index contributed by atoms with van der Waals surface area (Å²) in [6, 6.07) is 19.7. The molecule has 0 saturated heterocycles. The standard InChI is InChI=1S/C20H13BrClN3/c21-16-3-1-2-15(12-16)19-18(13-8-10-23-11-9-13)24-20(25-19)14-4-6-17(22)7-5-14/h1-12H,(H,24,25). The molecule has 0 unspecified atom stereocenters. The van der Waals surface area contributed by atoms with Crippen LogP contribution in [0, 0.1) is 0 Å². The molecule has 0 atom stereocenters. The van der Waals surface area contributed by atoms with Gasteiger partial charge in [0.1, 0.15) is 5.82 Å². The number of H-pyrrole nitrogens is 1. The van der Waals surface area contributed by atoms with Gasteiger partial charge in [-0.3, -0.25) is 4.98 Å². The predicted molar refractivity (Wildman–Crippen MR) is 105 cm³/mol. The van der Waals surface area contributed by atoms with E-state index >= 15 is 0 Å². The van der Waals surface area contributed by atoms with Crippen molar-refractivity contribution in [1.82, 2.24) is 15.0 Å². The maximum atomic E-state index is 6.00. The summed E-state index contributed by atoms with van der Waals surface area (Å²) in [5, 5.41) is 0.705. The van der Waals surface area contributed by atoms with Crippen LogP contribution in [0.25, 0.3) is 33.9 Å². The normalized spacial score (nSPS) is 10.8. The van der Waals surface area contributed by atoms with Crippen LogP contribution in [0.15, 0.2) is 77.5 Å². The van der Waals surface area contributed by atoms with Crippen molar-refractivity contribution in [2.75, 3.05) is 0 Å². The Hall–Kier alpha value is -2.43. The first-order valence-corrected chi connectivity index (χ1v) is 8.90. The Balaban J connectivity index is 1.90. The highest BCUT2D eigenvalue weighted by Gasteiger charge is 2.15. The zero-order valence-electron chi connectivity index (χ0n) is 13.1. The zero-order valence-corrected chi connectivity index (χ0v) is 15.4. The predicted octanol–water partition coefficient (Wildman–Crippen LogP) is 6.22. The minimum Gasteiger partial charge on any atom is -0.337 e. The number of hydrogen-bond acceptors (Lipinski definition) is 2. The molecule has 1 N–H and O–H groups in total. The molecular formula is C20H13BrClN3. The van der Waals surface area contributed by atoms with Crippen LogP contribution in [0.4, 0.5) is 0 Å². The van der Waals surface area contributed by atoms with E-state index in [1.54, 1.807) is 12.4 Å². The SMILES string of the molecule is Clc1ccc(-c2nc(-c3cccc(Br)c3)c(-c3ccncc3)[nH]2)cc1. The number of hydrogen-bond donors (Lipinski definition) is 1. The minimum atomic E-state index is 0.705. The second-order valence-electron chi connectivity index (χ2n) is 5.56. The second-order valence-corrected chi connectivity index (χ2v) is 6.91. The Morgan fingerprint density at radius 2 is 1.60 bits per heavy atom. The van der Waals surface area contributed by atoms with Gasteiger partial charge in [0.2, 0.25) is 0 Å². The van der Waals surface area contributed by atoms with E-state index in [0.29, 0.717) is 5.02 Å².